The Labute approximate surface area is 139 Å². The summed E-state index contributed by atoms with van der Waals surface area (Å²) in [5, 5.41) is 3.39. The van der Waals surface area contributed by atoms with E-state index in [4.69, 9.17) is 16.1 Å². The number of carbonyl (C=O) groups excluding carboxylic acids is 1. The van der Waals surface area contributed by atoms with Crippen molar-refractivity contribution in [2.45, 2.75) is 31.2 Å². The van der Waals surface area contributed by atoms with Crippen molar-refractivity contribution in [3.8, 4) is 0 Å². The summed E-state index contributed by atoms with van der Waals surface area (Å²) in [6, 6.07) is 9.90. The van der Waals surface area contributed by atoms with Crippen LogP contribution in [0, 0.1) is 6.92 Å². The van der Waals surface area contributed by atoms with Crippen LogP contribution in [0.15, 0.2) is 34.9 Å². The molecule has 1 aromatic carbocycles. The first-order chi connectivity index (χ1) is 11.1. The number of hydrogen-bond donors (Lipinski definition) is 0. The van der Waals surface area contributed by atoms with Crippen molar-refractivity contribution in [3.63, 3.8) is 0 Å². The quantitative estimate of drug-likeness (QED) is 0.639. The van der Waals surface area contributed by atoms with Crippen LogP contribution >= 0.6 is 11.6 Å². The van der Waals surface area contributed by atoms with Crippen molar-refractivity contribution in [1.29, 1.82) is 0 Å². The smallest absolute Gasteiger partial charge is 0.249 e. The van der Waals surface area contributed by atoms with Gasteiger partial charge in [0.1, 0.15) is 11.1 Å². The standard InChI is InChI=1S/C17H18ClN3O2/c1-11-10-14(19-23-11)21-16(15(18)17(21)22)12-4-6-13(7-5-12)20-8-2-3-9-20/h4-7,10,15-16H,2-3,8-9H2,1H3. The molecule has 0 N–H and O–H groups in total. The first kappa shape index (κ1) is 14.6. The molecule has 5 nitrogen and oxygen atoms in total. The van der Waals surface area contributed by atoms with Crippen LogP contribution in [0.4, 0.5) is 11.5 Å². The maximum Gasteiger partial charge on any atom is 0.249 e. The van der Waals surface area contributed by atoms with Crippen LogP contribution in [0.3, 0.4) is 0 Å². The van der Waals surface area contributed by atoms with Crippen LogP contribution in [0.1, 0.15) is 30.2 Å². The van der Waals surface area contributed by atoms with Crippen LogP contribution in [0.5, 0.6) is 0 Å². The number of hydrogen-bond acceptors (Lipinski definition) is 4. The lowest BCUT2D eigenvalue weighted by Gasteiger charge is -2.42. The number of halogens is 1. The monoisotopic (exact) mass is 331 g/mol. The van der Waals surface area contributed by atoms with Crippen LogP contribution < -0.4 is 9.80 Å². The molecule has 2 aliphatic rings. The average Bonchev–Trinajstić information content (AvgIpc) is 3.23. The minimum atomic E-state index is -0.551. The van der Waals surface area contributed by atoms with Gasteiger partial charge < -0.3 is 9.42 Å². The predicted molar refractivity (Wildman–Crippen MR) is 89.0 cm³/mol. The second-order valence-electron chi connectivity index (χ2n) is 6.14. The SMILES string of the molecule is Cc1cc(N2C(=O)C(Cl)C2c2ccc(N3CCCC3)cc2)no1. The van der Waals surface area contributed by atoms with Gasteiger partial charge in [-0.05, 0) is 37.5 Å². The molecular formula is C17H18ClN3O2. The summed E-state index contributed by atoms with van der Waals surface area (Å²) in [7, 11) is 0. The maximum absolute atomic E-state index is 12.1. The Kier molecular flexibility index (Phi) is 3.53. The summed E-state index contributed by atoms with van der Waals surface area (Å²) in [6.07, 6.45) is 2.50. The zero-order chi connectivity index (χ0) is 16.0. The molecular weight excluding hydrogens is 314 g/mol. The van der Waals surface area contributed by atoms with Gasteiger partial charge in [0.15, 0.2) is 5.82 Å². The maximum atomic E-state index is 12.1. The van der Waals surface area contributed by atoms with Gasteiger partial charge in [-0.25, -0.2) is 0 Å². The van der Waals surface area contributed by atoms with Gasteiger partial charge in [0.25, 0.3) is 0 Å². The summed E-state index contributed by atoms with van der Waals surface area (Å²) in [6.45, 7) is 4.03. The molecule has 2 unspecified atom stereocenters. The lowest BCUT2D eigenvalue weighted by Crippen LogP contribution is -2.56. The molecule has 120 valence electrons. The molecule has 4 rings (SSSR count). The van der Waals surface area contributed by atoms with Gasteiger partial charge in [0, 0.05) is 24.8 Å². The number of alkyl halides is 1. The Bertz CT molecular complexity index is 722. The number of rotatable bonds is 3. The molecule has 0 bridgehead atoms. The molecule has 2 saturated heterocycles. The van der Waals surface area contributed by atoms with Crippen molar-refractivity contribution >= 4 is 29.0 Å². The minimum absolute atomic E-state index is 0.131. The molecule has 0 spiro atoms. The fourth-order valence-corrected chi connectivity index (χ4v) is 3.71. The van der Waals surface area contributed by atoms with Gasteiger partial charge in [-0.1, -0.05) is 17.3 Å². The van der Waals surface area contributed by atoms with Gasteiger partial charge in [0.2, 0.25) is 5.91 Å². The first-order valence-corrected chi connectivity index (χ1v) is 8.34. The Morgan fingerprint density at radius 1 is 1.22 bits per heavy atom. The van der Waals surface area contributed by atoms with E-state index in [1.165, 1.54) is 18.5 Å². The summed E-state index contributed by atoms with van der Waals surface area (Å²) in [4.78, 5) is 16.1. The molecule has 3 heterocycles. The van der Waals surface area contributed by atoms with Crippen LogP contribution in [0.2, 0.25) is 0 Å². The number of nitrogens with zero attached hydrogens (tertiary/aromatic N) is 3. The van der Waals surface area contributed by atoms with E-state index in [2.05, 4.69) is 34.3 Å². The van der Waals surface area contributed by atoms with E-state index in [-0.39, 0.29) is 11.9 Å². The van der Waals surface area contributed by atoms with Crippen molar-refractivity contribution in [1.82, 2.24) is 5.16 Å². The number of aromatic nitrogens is 1. The second kappa shape index (κ2) is 5.57. The molecule has 6 heteroatoms. The van der Waals surface area contributed by atoms with Crippen LogP contribution in [-0.2, 0) is 4.79 Å². The van der Waals surface area contributed by atoms with Gasteiger partial charge >= 0.3 is 0 Å². The van der Waals surface area contributed by atoms with E-state index in [0.29, 0.717) is 11.6 Å². The van der Waals surface area contributed by atoms with E-state index < -0.39 is 5.38 Å². The molecule has 0 radical (unpaired) electrons. The van der Waals surface area contributed by atoms with Gasteiger partial charge in [-0.2, -0.15) is 0 Å². The third-order valence-electron chi connectivity index (χ3n) is 4.60. The Hall–Kier alpha value is -2.01. The molecule has 2 fully saturated rings. The number of anilines is 2. The van der Waals surface area contributed by atoms with Gasteiger partial charge in [-0.15, -0.1) is 11.6 Å². The minimum Gasteiger partial charge on any atom is -0.372 e. The highest BCUT2D eigenvalue weighted by molar-refractivity contribution is 6.37. The van der Waals surface area contributed by atoms with Gasteiger partial charge in [-0.3, -0.25) is 9.69 Å². The highest BCUT2D eigenvalue weighted by atomic mass is 35.5. The van der Waals surface area contributed by atoms with Crippen molar-refractivity contribution in [2.24, 2.45) is 0 Å². The average molecular weight is 332 g/mol. The molecule has 2 aliphatic heterocycles. The molecule has 2 aromatic rings. The topological polar surface area (TPSA) is 49.6 Å². The summed E-state index contributed by atoms with van der Waals surface area (Å²) >= 11 is 6.26. The zero-order valence-corrected chi connectivity index (χ0v) is 13.7. The molecule has 1 aromatic heterocycles. The highest BCUT2D eigenvalue weighted by Gasteiger charge is 2.49. The summed E-state index contributed by atoms with van der Waals surface area (Å²) < 4.78 is 5.08. The molecule has 23 heavy (non-hydrogen) atoms. The Balaban J connectivity index is 1.59. The third-order valence-corrected chi connectivity index (χ3v) is 5.02. The number of carbonyl (C=O) groups is 1. The van der Waals surface area contributed by atoms with Crippen molar-refractivity contribution < 1.29 is 9.32 Å². The molecule has 0 saturated carbocycles. The number of benzene rings is 1. The number of aryl methyl sites for hydroxylation is 1. The van der Waals surface area contributed by atoms with Crippen molar-refractivity contribution in [2.75, 3.05) is 22.9 Å². The Morgan fingerprint density at radius 3 is 2.52 bits per heavy atom. The third kappa shape index (κ3) is 2.39. The molecule has 0 aliphatic carbocycles. The van der Waals surface area contributed by atoms with E-state index in [0.717, 1.165) is 18.7 Å². The van der Waals surface area contributed by atoms with E-state index in [9.17, 15) is 4.79 Å². The normalized spacial score (nSPS) is 24.2. The fourth-order valence-electron chi connectivity index (χ4n) is 3.35. The number of amides is 1. The zero-order valence-electron chi connectivity index (χ0n) is 12.9. The highest BCUT2D eigenvalue weighted by Crippen LogP contribution is 2.42. The van der Waals surface area contributed by atoms with Crippen molar-refractivity contribution in [3.05, 3.63) is 41.7 Å². The fraction of sp³-hybridized carbons (Fsp3) is 0.412. The summed E-state index contributed by atoms with van der Waals surface area (Å²) in [5.74, 6) is 1.07. The van der Waals surface area contributed by atoms with Crippen LogP contribution in [0.25, 0.3) is 0 Å². The summed E-state index contributed by atoms with van der Waals surface area (Å²) in [5.41, 5.74) is 2.25. The first-order valence-electron chi connectivity index (χ1n) is 7.90. The molecule has 2 atom stereocenters. The largest absolute Gasteiger partial charge is 0.372 e. The number of β-lactam (4-membered cyclic amide) rings is 1. The Morgan fingerprint density at radius 2 is 1.91 bits per heavy atom. The lowest BCUT2D eigenvalue weighted by atomic mass is 9.93. The van der Waals surface area contributed by atoms with E-state index in [1.807, 2.05) is 0 Å². The van der Waals surface area contributed by atoms with Gasteiger partial charge in [0.05, 0.1) is 6.04 Å². The van der Waals surface area contributed by atoms with E-state index in [1.54, 1.807) is 17.9 Å². The second-order valence-corrected chi connectivity index (χ2v) is 6.61. The van der Waals surface area contributed by atoms with Crippen LogP contribution in [-0.4, -0.2) is 29.5 Å². The molecule has 1 amide bonds. The van der Waals surface area contributed by atoms with E-state index >= 15 is 0 Å². The predicted octanol–water partition coefficient (Wildman–Crippen LogP) is 3.28. The lowest BCUT2D eigenvalue weighted by molar-refractivity contribution is -0.123.